The van der Waals surface area contributed by atoms with Gasteiger partial charge in [0, 0.05) is 50.5 Å². The highest BCUT2D eigenvalue weighted by Gasteiger charge is 2.53. The SMILES string of the molecule is CC(=O)OC[C@H]1O[C@@H](Sc2nc3c(c(-c4ccnc5ccccc45)c2C#N)CCC3)[C@H](OC(C)=O)[C@@H](OC(C)=O)[C@@H]1OC(C)=O. The van der Waals surface area contributed by atoms with Crippen LogP contribution in [0.4, 0.5) is 0 Å². The molecular weight excluding hydrogens is 602 g/mol. The van der Waals surface area contributed by atoms with Gasteiger partial charge in [-0.25, -0.2) is 4.98 Å². The van der Waals surface area contributed by atoms with E-state index >= 15 is 0 Å². The van der Waals surface area contributed by atoms with Gasteiger partial charge >= 0.3 is 23.9 Å². The average Bonchev–Trinajstić information content (AvgIpc) is 3.45. The van der Waals surface area contributed by atoms with Crippen LogP contribution in [0, 0.1) is 11.3 Å². The molecule has 5 atom stereocenters. The fourth-order valence-electron chi connectivity index (χ4n) is 5.75. The van der Waals surface area contributed by atoms with E-state index in [0.717, 1.165) is 71.7 Å². The Morgan fingerprint density at radius 3 is 2.31 bits per heavy atom. The first-order valence-electron chi connectivity index (χ1n) is 14.3. The fraction of sp³-hybridized carbons (Fsp3) is 0.406. The highest BCUT2D eigenvalue weighted by Crippen LogP contribution is 2.44. The van der Waals surface area contributed by atoms with Crippen molar-refractivity contribution in [2.75, 3.05) is 6.61 Å². The van der Waals surface area contributed by atoms with Gasteiger partial charge < -0.3 is 23.7 Å². The first-order valence-corrected chi connectivity index (χ1v) is 15.2. The number of esters is 4. The van der Waals surface area contributed by atoms with Crippen molar-refractivity contribution < 1.29 is 42.9 Å². The molecule has 0 saturated carbocycles. The van der Waals surface area contributed by atoms with Crippen LogP contribution in [0.2, 0.25) is 0 Å². The van der Waals surface area contributed by atoms with Crippen LogP contribution in [0.15, 0.2) is 41.6 Å². The molecule has 234 valence electrons. The number of para-hydroxylation sites is 1. The smallest absolute Gasteiger partial charge is 0.303 e. The summed E-state index contributed by atoms with van der Waals surface area (Å²) in [6, 6.07) is 11.9. The average molecular weight is 634 g/mol. The molecule has 12 nitrogen and oxygen atoms in total. The molecule has 0 N–H and O–H groups in total. The van der Waals surface area contributed by atoms with E-state index < -0.39 is 53.7 Å². The van der Waals surface area contributed by atoms with Gasteiger partial charge in [0.25, 0.3) is 0 Å². The van der Waals surface area contributed by atoms with Crippen molar-refractivity contribution in [3.05, 3.63) is 53.3 Å². The summed E-state index contributed by atoms with van der Waals surface area (Å²) in [6.07, 6.45) is -1.02. The van der Waals surface area contributed by atoms with Gasteiger partial charge in [0.2, 0.25) is 0 Å². The Hall–Kier alpha value is -4.54. The Balaban J connectivity index is 1.64. The van der Waals surface area contributed by atoms with Gasteiger partial charge in [-0.15, -0.1) is 0 Å². The lowest BCUT2D eigenvalue weighted by Crippen LogP contribution is -2.61. The fourth-order valence-corrected chi connectivity index (χ4v) is 6.94. The maximum Gasteiger partial charge on any atom is 0.303 e. The summed E-state index contributed by atoms with van der Waals surface area (Å²) in [4.78, 5) is 57.8. The monoisotopic (exact) mass is 633 g/mol. The summed E-state index contributed by atoms with van der Waals surface area (Å²) in [5.74, 6) is -2.77. The zero-order chi connectivity index (χ0) is 32.2. The molecule has 1 aliphatic heterocycles. The zero-order valence-electron chi connectivity index (χ0n) is 25.1. The van der Waals surface area contributed by atoms with Crippen molar-refractivity contribution >= 4 is 46.5 Å². The van der Waals surface area contributed by atoms with Gasteiger partial charge in [0.05, 0.1) is 11.1 Å². The Labute approximate surface area is 263 Å². The third-order valence-electron chi connectivity index (χ3n) is 7.40. The largest absolute Gasteiger partial charge is 0.463 e. The van der Waals surface area contributed by atoms with Gasteiger partial charge in [-0.2, -0.15) is 5.26 Å². The van der Waals surface area contributed by atoms with E-state index in [1.54, 1.807) is 6.20 Å². The molecule has 1 fully saturated rings. The molecule has 1 saturated heterocycles. The molecule has 0 bridgehead atoms. The highest BCUT2D eigenvalue weighted by atomic mass is 32.2. The molecule has 0 radical (unpaired) electrons. The number of thioether (sulfide) groups is 1. The standard InChI is InChI=1S/C32H31N3O9S/c1-16(36)40-15-26-28(41-17(2)37)29(42-18(3)38)30(43-19(4)39)32(44-26)45-31-23(14-33)27(22-9-7-11-25(22)35-31)21-12-13-34-24-10-6-5-8-20(21)24/h5-6,8,10,12-13,26,28-30,32H,7,9,11,15H2,1-4H3/t26-,28-,29+,30-,32+/m1/s1. The second kappa shape index (κ2) is 13.6. The third-order valence-corrected chi connectivity index (χ3v) is 8.53. The van der Waals surface area contributed by atoms with Crippen LogP contribution >= 0.6 is 11.8 Å². The number of aryl methyl sites for hydroxylation is 1. The molecule has 5 rings (SSSR count). The van der Waals surface area contributed by atoms with E-state index in [9.17, 15) is 24.4 Å². The van der Waals surface area contributed by atoms with E-state index in [4.69, 9.17) is 28.7 Å². The second-order valence-electron chi connectivity index (χ2n) is 10.6. The van der Waals surface area contributed by atoms with Crippen molar-refractivity contribution in [3.8, 4) is 17.2 Å². The number of hydrogen-bond acceptors (Lipinski definition) is 13. The molecule has 3 heterocycles. The number of pyridine rings is 2. The summed E-state index contributed by atoms with van der Waals surface area (Å²) in [5, 5.41) is 11.8. The molecule has 1 aromatic carbocycles. The van der Waals surface area contributed by atoms with Crippen LogP contribution in [0.5, 0.6) is 0 Å². The molecule has 0 spiro atoms. The Morgan fingerprint density at radius 2 is 1.62 bits per heavy atom. The molecule has 0 amide bonds. The second-order valence-corrected chi connectivity index (χ2v) is 11.7. The molecule has 2 aromatic heterocycles. The van der Waals surface area contributed by atoms with E-state index in [-0.39, 0.29) is 6.61 Å². The summed E-state index contributed by atoms with van der Waals surface area (Å²) in [5.41, 5.74) is 3.34. The van der Waals surface area contributed by atoms with E-state index in [0.29, 0.717) is 17.0 Å². The summed E-state index contributed by atoms with van der Waals surface area (Å²) >= 11 is 1.01. The lowest BCUT2D eigenvalue weighted by atomic mass is 9.93. The number of carbonyl (C=O) groups is 4. The molecule has 2 aliphatic rings. The first kappa shape index (κ1) is 31.9. The maximum atomic E-state index is 12.3. The molecule has 45 heavy (non-hydrogen) atoms. The predicted octanol–water partition coefficient (Wildman–Crippen LogP) is 3.83. The molecule has 3 aromatic rings. The number of rotatable bonds is 8. The lowest BCUT2D eigenvalue weighted by Gasteiger charge is -2.44. The molecule has 1 aliphatic carbocycles. The molecule has 0 unspecified atom stereocenters. The van der Waals surface area contributed by atoms with E-state index in [1.807, 2.05) is 30.3 Å². The number of hydrogen-bond donors (Lipinski definition) is 0. The maximum absolute atomic E-state index is 12.3. The van der Waals surface area contributed by atoms with Crippen molar-refractivity contribution in [2.24, 2.45) is 0 Å². The van der Waals surface area contributed by atoms with Crippen LogP contribution in [-0.4, -0.2) is 70.3 Å². The van der Waals surface area contributed by atoms with Crippen LogP contribution < -0.4 is 0 Å². The van der Waals surface area contributed by atoms with Crippen LogP contribution in [0.3, 0.4) is 0 Å². The van der Waals surface area contributed by atoms with Gasteiger partial charge in [0.15, 0.2) is 23.7 Å². The van der Waals surface area contributed by atoms with E-state index in [1.165, 1.54) is 13.8 Å². The summed E-state index contributed by atoms with van der Waals surface area (Å²) in [6.45, 7) is 4.35. The number of nitrogens with zero attached hydrogens (tertiary/aromatic N) is 3. The molecule has 13 heteroatoms. The van der Waals surface area contributed by atoms with E-state index in [2.05, 4.69) is 11.1 Å². The minimum Gasteiger partial charge on any atom is -0.463 e. The summed E-state index contributed by atoms with van der Waals surface area (Å²) in [7, 11) is 0. The lowest BCUT2D eigenvalue weighted by molar-refractivity contribution is -0.237. The first-order chi connectivity index (χ1) is 21.6. The predicted molar refractivity (Wildman–Crippen MR) is 160 cm³/mol. The Bertz CT molecular complexity index is 1700. The Morgan fingerprint density at radius 1 is 0.933 bits per heavy atom. The summed E-state index contributed by atoms with van der Waals surface area (Å²) < 4.78 is 28.2. The van der Waals surface area contributed by atoms with Crippen LogP contribution in [0.1, 0.15) is 50.9 Å². The normalized spacial score (nSPS) is 22.2. The van der Waals surface area contributed by atoms with Gasteiger partial charge in [-0.1, -0.05) is 30.0 Å². The van der Waals surface area contributed by atoms with Gasteiger partial charge in [-0.05, 0) is 42.5 Å². The quantitative estimate of drug-likeness (QED) is 0.260. The Kier molecular flexibility index (Phi) is 9.65. The minimum atomic E-state index is -1.33. The number of benzene rings is 1. The number of fused-ring (bicyclic) bond motifs is 2. The number of ether oxygens (including phenoxy) is 5. The van der Waals surface area contributed by atoms with Gasteiger partial charge in [0.1, 0.15) is 23.8 Å². The van der Waals surface area contributed by atoms with Crippen LogP contribution in [-0.2, 0) is 55.7 Å². The third kappa shape index (κ3) is 6.92. The number of carbonyl (C=O) groups excluding carboxylic acids is 4. The topological polar surface area (TPSA) is 164 Å². The van der Waals surface area contributed by atoms with Crippen molar-refractivity contribution in [3.63, 3.8) is 0 Å². The minimum absolute atomic E-state index is 0.296. The molecular formula is C32H31N3O9S. The van der Waals surface area contributed by atoms with Crippen LogP contribution in [0.25, 0.3) is 22.0 Å². The van der Waals surface area contributed by atoms with Crippen molar-refractivity contribution in [2.45, 2.75) is 81.8 Å². The number of nitriles is 1. The highest BCUT2D eigenvalue weighted by molar-refractivity contribution is 7.99. The number of aromatic nitrogens is 2. The van der Waals surface area contributed by atoms with Gasteiger partial charge in [-0.3, -0.25) is 24.2 Å². The van der Waals surface area contributed by atoms with Crippen molar-refractivity contribution in [1.82, 2.24) is 9.97 Å². The van der Waals surface area contributed by atoms with Crippen molar-refractivity contribution in [1.29, 1.82) is 5.26 Å². The zero-order valence-corrected chi connectivity index (χ0v) is 25.9.